The third kappa shape index (κ3) is 2.47. The summed E-state index contributed by atoms with van der Waals surface area (Å²) < 4.78 is 60.6. The van der Waals surface area contributed by atoms with E-state index in [1.807, 2.05) is 6.07 Å². The van der Waals surface area contributed by atoms with Gasteiger partial charge in [0, 0.05) is 5.92 Å². The number of benzene rings is 2. The molecule has 2 atom stereocenters. The Morgan fingerprint density at radius 2 is 1.78 bits per heavy atom. The fourth-order valence-corrected chi connectivity index (χ4v) is 6.83. The highest BCUT2D eigenvalue weighted by Crippen LogP contribution is 2.56. The van der Waals surface area contributed by atoms with Crippen molar-refractivity contribution in [2.45, 2.75) is 35.3 Å². The monoisotopic (exact) mass is 389 g/mol. The Morgan fingerprint density at radius 1 is 1.07 bits per heavy atom. The Morgan fingerprint density at radius 3 is 2.48 bits per heavy atom. The van der Waals surface area contributed by atoms with Crippen LogP contribution in [0.4, 0.5) is 8.78 Å². The lowest BCUT2D eigenvalue weighted by molar-refractivity contribution is 0.124. The van der Waals surface area contributed by atoms with Crippen LogP contribution in [-0.4, -0.2) is 15.0 Å². The molecule has 0 aromatic heterocycles. The molecule has 1 aliphatic carbocycles. The number of fused-ring (bicyclic) bond motifs is 3. The molecule has 0 unspecified atom stereocenters. The summed E-state index contributed by atoms with van der Waals surface area (Å²) in [6.07, 6.45) is 2.17. The highest BCUT2D eigenvalue weighted by atomic mass is 32.2. The average Bonchev–Trinajstić information content (AvgIpc) is 2.70. The SMILES string of the molecule is N#Cc1ccc(S(=O)(=O)[C@@]23CCCC[C@@H]2COc2c(F)ccc(F)c23)cc1. The molecule has 2 aromatic carbocycles. The van der Waals surface area contributed by atoms with Crippen molar-refractivity contribution in [1.82, 2.24) is 0 Å². The Balaban J connectivity index is 2.00. The maximum Gasteiger partial charge on any atom is 0.188 e. The van der Waals surface area contributed by atoms with Gasteiger partial charge < -0.3 is 4.74 Å². The predicted molar refractivity (Wildman–Crippen MR) is 93.8 cm³/mol. The van der Waals surface area contributed by atoms with E-state index in [0.717, 1.165) is 18.6 Å². The molecule has 0 N–H and O–H groups in total. The summed E-state index contributed by atoms with van der Waals surface area (Å²) in [5.41, 5.74) is 0.138. The van der Waals surface area contributed by atoms with E-state index >= 15 is 0 Å². The van der Waals surface area contributed by atoms with Gasteiger partial charge in [-0.3, -0.25) is 0 Å². The van der Waals surface area contributed by atoms with E-state index in [4.69, 9.17) is 10.00 Å². The predicted octanol–water partition coefficient (Wildman–Crippen LogP) is 4.09. The molecule has 27 heavy (non-hydrogen) atoms. The van der Waals surface area contributed by atoms with Crippen LogP contribution in [0, 0.1) is 28.9 Å². The van der Waals surface area contributed by atoms with Gasteiger partial charge in [-0.2, -0.15) is 5.26 Å². The summed E-state index contributed by atoms with van der Waals surface area (Å²) in [7, 11) is -4.06. The number of nitrogens with zero attached hydrogens (tertiary/aromatic N) is 1. The second kappa shape index (κ2) is 6.31. The summed E-state index contributed by atoms with van der Waals surface area (Å²) in [6.45, 7) is 0.0306. The van der Waals surface area contributed by atoms with Crippen molar-refractivity contribution in [2.75, 3.05) is 6.61 Å². The smallest absolute Gasteiger partial charge is 0.188 e. The Bertz CT molecular complexity index is 1040. The van der Waals surface area contributed by atoms with Crippen LogP contribution in [0.1, 0.15) is 36.8 Å². The van der Waals surface area contributed by atoms with Crippen molar-refractivity contribution in [3.05, 3.63) is 59.2 Å². The quantitative estimate of drug-likeness (QED) is 0.776. The molecular formula is C20H17F2NO3S. The normalized spacial score (nSPS) is 24.3. The largest absolute Gasteiger partial charge is 0.490 e. The van der Waals surface area contributed by atoms with Gasteiger partial charge in [0.05, 0.1) is 28.7 Å². The van der Waals surface area contributed by atoms with Crippen LogP contribution in [0.5, 0.6) is 5.75 Å². The van der Waals surface area contributed by atoms with Crippen molar-refractivity contribution >= 4 is 9.84 Å². The number of rotatable bonds is 2. The maximum absolute atomic E-state index is 14.9. The first-order valence-electron chi connectivity index (χ1n) is 8.78. The van der Waals surface area contributed by atoms with Crippen LogP contribution < -0.4 is 4.74 Å². The first-order chi connectivity index (χ1) is 12.9. The topological polar surface area (TPSA) is 67.2 Å². The lowest BCUT2D eigenvalue weighted by atomic mass is 9.73. The Hall–Kier alpha value is -2.46. The van der Waals surface area contributed by atoms with Gasteiger partial charge in [-0.15, -0.1) is 0 Å². The lowest BCUT2D eigenvalue weighted by Crippen LogP contribution is -2.50. The van der Waals surface area contributed by atoms with Crippen molar-refractivity contribution in [3.63, 3.8) is 0 Å². The number of sulfone groups is 1. The fraction of sp³-hybridized carbons (Fsp3) is 0.350. The van der Waals surface area contributed by atoms with E-state index in [-0.39, 0.29) is 29.2 Å². The van der Waals surface area contributed by atoms with E-state index < -0.39 is 32.1 Å². The molecular weight excluding hydrogens is 372 g/mol. The molecule has 2 aliphatic rings. The van der Waals surface area contributed by atoms with E-state index in [1.54, 1.807) is 0 Å². The zero-order valence-corrected chi connectivity index (χ0v) is 15.2. The molecule has 0 amide bonds. The minimum absolute atomic E-state index is 0.00455. The van der Waals surface area contributed by atoms with Crippen molar-refractivity contribution in [1.29, 1.82) is 5.26 Å². The minimum atomic E-state index is -4.06. The standard InChI is InChI=1S/C20H17F2NO3S/c21-16-8-9-17(22)19-18(16)20(10-2-1-3-14(20)12-26-19)27(24,25)15-6-4-13(11-23)5-7-15/h4-9,14H,1-3,10,12H2/t14-,20+/m1/s1. The molecule has 7 heteroatoms. The van der Waals surface area contributed by atoms with Crippen molar-refractivity contribution in [2.24, 2.45) is 5.92 Å². The van der Waals surface area contributed by atoms with E-state index in [2.05, 4.69) is 0 Å². The first kappa shape index (κ1) is 17.9. The van der Waals surface area contributed by atoms with Crippen LogP contribution in [-0.2, 0) is 14.6 Å². The maximum atomic E-state index is 14.9. The summed E-state index contributed by atoms with van der Waals surface area (Å²) in [4.78, 5) is 0.00455. The Kier molecular flexibility index (Phi) is 4.19. The molecule has 140 valence electrons. The van der Waals surface area contributed by atoms with Gasteiger partial charge in [-0.25, -0.2) is 17.2 Å². The lowest BCUT2D eigenvalue weighted by Gasteiger charge is -2.47. The van der Waals surface area contributed by atoms with Crippen molar-refractivity contribution < 1.29 is 21.9 Å². The molecule has 4 nitrogen and oxygen atoms in total. The summed E-state index contributed by atoms with van der Waals surface area (Å²) in [5, 5.41) is 8.96. The highest BCUT2D eigenvalue weighted by molar-refractivity contribution is 7.92. The van der Waals surface area contributed by atoms with E-state index in [0.29, 0.717) is 18.4 Å². The van der Waals surface area contributed by atoms with Gasteiger partial charge in [0.15, 0.2) is 21.4 Å². The van der Waals surface area contributed by atoms with Gasteiger partial charge in [-0.05, 0) is 49.2 Å². The summed E-state index contributed by atoms with van der Waals surface area (Å²) in [6, 6.07) is 9.43. The van der Waals surface area contributed by atoms with Crippen LogP contribution in [0.15, 0.2) is 41.3 Å². The molecule has 0 saturated heterocycles. The minimum Gasteiger partial charge on any atom is -0.490 e. The second-order valence-electron chi connectivity index (χ2n) is 7.02. The number of hydrogen-bond acceptors (Lipinski definition) is 4. The van der Waals surface area contributed by atoms with Crippen LogP contribution in [0.3, 0.4) is 0 Å². The zero-order chi connectivity index (χ0) is 19.2. The number of halogens is 2. The van der Waals surface area contributed by atoms with E-state index in [9.17, 15) is 17.2 Å². The molecule has 4 rings (SSSR count). The molecule has 1 heterocycles. The second-order valence-corrected chi connectivity index (χ2v) is 9.22. The number of ether oxygens (including phenoxy) is 1. The van der Waals surface area contributed by atoms with E-state index in [1.165, 1.54) is 24.3 Å². The fourth-order valence-electron chi connectivity index (χ4n) is 4.42. The zero-order valence-electron chi connectivity index (χ0n) is 14.4. The molecule has 2 aromatic rings. The first-order valence-corrected chi connectivity index (χ1v) is 10.3. The Labute approximate surface area is 156 Å². The third-order valence-corrected chi connectivity index (χ3v) is 8.29. The number of nitriles is 1. The van der Waals surface area contributed by atoms with Crippen LogP contribution >= 0.6 is 0 Å². The molecule has 1 fully saturated rings. The molecule has 0 spiro atoms. The highest BCUT2D eigenvalue weighted by Gasteiger charge is 2.58. The van der Waals surface area contributed by atoms with Gasteiger partial charge in [0.2, 0.25) is 0 Å². The number of hydrogen-bond donors (Lipinski definition) is 0. The third-order valence-electron chi connectivity index (χ3n) is 5.69. The van der Waals surface area contributed by atoms with Crippen LogP contribution in [0.2, 0.25) is 0 Å². The van der Waals surface area contributed by atoms with Gasteiger partial charge in [0.1, 0.15) is 10.6 Å². The summed E-state index contributed by atoms with van der Waals surface area (Å²) in [5.74, 6) is -2.29. The summed E-state index contributed by atoms with van der Waals surface area (Å²) >= 11 is 0. The average molecular weight is 389 g/mol. The van der Waals surface area contributed by atoms with Gasteiger partial charge >= 0.3 is 0 Å². The van der Waals surface area contributed by atoms with Gasteiger partial charge in [0.25, 0.3) is 0 Å². The molecule has 0 bridgehead atoms. The molecule has 0 radical (unpaired) electrons. The van der Waals surface area contributed by atoms with Crippen LogP contribution in [0.25, 0.3) is 0 Å². The van der Waals surface area contributed by atoms with Crippen molar-refractivity contribution in [3.8, 4) is 11.8 Å². The molecule has 1 aliphatic heterocycles. The molecule has 1 saturated carbocycles. The van der Waals surface area contributed by atoms with Gasteiger partial charge in [-0.1, -0.05) is 12.8 Å².